The number of aromatic carboxylic acids is 1. The Hall–Kier alpha value is -1.84. The van der Waals surface area contributed by atoms with Crippen LogP contribution >= 0.6 is 11.6 Å². The summed E-state index contributed by atoms with van der Waals surface area (Å²) in [6, 6.07) is 15.7. The molecule has 22 heavy (non-hydrogen) atoms. The number of hydrogen-bond acceptors (Lipinski definition) is 2. The highest BCUT2D eigenvalue weighted by Gasteiger charge is 2.29. The Kier molecular flexibility index (Phi) is 4.46. The fraction of sp³-hybridized carbons (Fsp3) is 0.278. The van der Waals surface area contributed by atoms with Crippen LogP contribution in [0.2, 0.25) is 5.02 Å². The van der Waals surface area contributed by atoms with Crippen LogP contribution in [0.3, 0.4) is 0 Å². The fourth-order valence-corrected chi connectivity index (χ4v) is 2.94. The molecule has 0 bridgehead atoms. The van der Waals surface area contributed by atoms with Gasteiger partial charge in [-0.05, 0) is 54.2 Å². The average Bonchev–Trinajstić information content (AvgIpc) is 2.48. The second-order valence-electron chi connectivity index (χ2n) is 5.80. The highest BCUT2D eigenvalue weighted by molar-refractivity contribution is 6.30. The van der Waals surface area contributed by atoms with Crippen molar-refractivity contribution < 1.29 is 9.90 Å². The first-order chi connectivity index (χ1) is 10.6. The summed E-state index contributed by atoms with van der Waals surface area (Å²) in [5.41, 5.74) is 2.79. The van der Waals surface area contributed by atoms with E-state index in [1.807, 2.05) is 24.3 Å². The van der Waals surface area contributed by atoms with Gasteiger partial charge in [-0.2, -0.15) is 0 Å². The van der Waals surface area contributed by atoms with Gasteiger partial charge in [0.05, 0.1) is 5.56 Å². The van der Waals surface area contributed by atoms with Crippen LogP contribution < -0.4 is 5.32 Å². The maximum absolute atomic E-state index is 10.8. The zero-order chi connectivity index (χ0) is 15.5. The van der Waals surface area contributed by atoms with E-state index in [9.17, 15) is 4.79 Å². The molecule has 4 heteroatoms. The molecule has 2 aromatic rings. The molecule has 1 aliphatic rings. The van der Waals surface area contributed by atoms with Crippen LogP contribution in [0.25, 0.3) is 0 Å². The Morgan fingerprint density at radius 1 is 1.09 bits per heavy atom. The standard InChI is InChI=1S/C18H18ClNO2/c19-16-7-5-13(6-8-16)15-9-17(10-15)20-11-12-1-3-14(4-2-12)18(21)22/h1-8,15,17,20H,9-11H2,(H,21,22). The number of carbonyl (C=O) groups is 1. The van der Waals surface area contributed by atoms with Gasteiger partial charge in [-0.3, -0.25) is 0 Å². The predicted molar refractivity (Wildman–Crippen MR) is 87.5 cm³/mol. The highest BCUT2D eigenvalue weighted by Crippen LogP contribution is 2.37. The van der Waals surface area contributed by atoms with Gasteiger partial charge in [0.1, 0.15) is 0 Å². The van der Waals surface area contributed by atoms with Gasteiger partial charge in [-0.25, -0.2) is 4.79 Å². The number of nitrogens with one attached hydrogen (secondary N) is 1. The summed E-state index contributed by atoms with van der Waals surface area (Å²) in [5.74, 6) is -0.270. The number of halogens is 1. The van der Waals surface area contributed by atoms with Crippen molar-refractivity contribution in [3.8, 4) is 0 Å². The summed E-state index contributed by atoms with van der Waals surface area (Å²) < 4.78 is 0. The Labute approximate surface area is 134 Å². The van der Waals surface area contributed by atoms with Crippen molar-refractivity contribution in [2.24, 2.45) is 0 Å². The maximum atomic E-state index is 10.8. The third kappa shape index (κ3) is 3.49. The van der Waals surface area contributed by atoms with Crippen LogP contribution in [0.1, 0.15) is 40.2 Å². The molecule has 3 rings (SSSR count). The summed E-state index contributed by atoms with van der Waals surface area (Å²) in [6.45, 7) is 0.776. The van der Waals surface area contributed by atoms with Crippen LogP contribution in [-0.2, 0) is 6.54 Å². The van der Waals surface area contributed by atoms with Crippen molar-refractivity contribution in [2.45, 2.75) is 31.3 Å². The summed E-state index contributed by atoms with van der Waals surface area (Å²) in [6.07, 6.45) is 2.27. The molecule has 1 aliphatic carbocycles. The van der Waals surface area contributed by atoms with Crippen molar-refractivity contribution in [3.63, 3.8) is 0 Å². The van der Waals surface area contributed by atoms with Crippen LogP contribution in [0, 0.1) is 0 Å². The van der Waals surface area contributed by atoms with Crippen LogP contribution in [0.4, 0.5) is 0 Å². The number of rotatable bonds is 5. The monoisotopic (exact) mass is 315 g/mol. The SMILES string of the molecule is O=C(O)c1ccc(CNC2CC(c3ccc(Cl)cc3)C2)cc1. The minimum absolute atomic E-state index is 0.329. The first-order valence-corrected chi connectivity index (χ1v) is 7.80. The van der Waals surface area contributed by atoms with Crippen molar-refractivity contribution in [2.75, 3.05) is 0 Å². The van der Waals surface area contributed by atoms with Gasteiger partial charge in [0.25, 0.3) is 0 Å². The largest absolute Gasteiger partial charge is 0.478 e. The molecule has 0 radical (unpaired) electrons. The van der Waals surface area contributed by atoms with Crippen molar-refractivity contribution in [1.82, 2.24) is 5.32 Å². The maximum Gasteiger partial charge on any atom is 0.335 e. The van der Waals surface area contributed by atoms with Gasteiger partial charge < -0.3 is 10.4 Å². The number of hydrogen-bond donors (Lipinski definition) is 2. The minimum atomic E-state index is -0.885. The molecule has 0 heterocycles. The van der Waals surface area contributed by atoms with Gasteiger partial charge in [0.2, 0.25) is 0 Å². The molecule has 0 atom stereocenters. The van der Waals surface area contributed by atoms with Crippen LogP contribution in [-0.4, -0.2) is 17.1 Å². The molecule has 1 saturated carbocycles. The van der Waals surface area contributed by atoms with E-state index >= 15 is 0 Å². The minimum Gasteiger partial charge on any atom is -0.478 e. The number of benzene rings is 2. The Morgan fingerprint density at radius 2 is 1.73 bits per heavy atom. The van der Waals surface area contributed by atoms with Gasteiger partial charge in [0, 0.05) is 17.6 Å². The molecule has 0 spiro atoms. The van der Waals surface area contributed by atoms with E-state index < -0.39 is 5.97 Å². The number of carboxylic acids is 1. The van der Waals surface area contributed by atoms with E-state index in [0.29, 0.717) is 17.5 Å². The molecule has 3 nitrogen and oxygen atoms in total. The second kappa shape index (κ2) is 6.51. The van der Waals surface area contributed by atoms with Crippen molar-refractivity contribution in [3.05, 3.63) is 70.2 Å². The molecule has 0 aromatic heterocycles. The smallest absolute Gasteiger partial charge is 0.335 e. The van der Waals surface area contributed by atoms with E-state index in [4.69, 9.17) is 16.7 Å². The summed E-state index contributed by atoms with van der Waals surface area (Å²) >= 11 is 5.91. The molecule has 0 aliphatic heterocycles. The molecule has 0 amide bonds. The predicted octanol–water partition coefficient (Wildman–Crippen LogP) is 4.07. The summed E-state index contributed by atoms with van der Waals surface area (Å²) in [5, 5.41) is 13.2. The first kappa shape index (κ1) is 15.1. The molecular formula is C18H18ClNO2. The zero-order valence-electron chi connectivity index (χ0n) is 12.1. The average molecular weight is 316 g/mol. The van der Waals surface area contributed by atoms with Gasteiger partial charge in [-0.1, -0.05) is 35.9 Å². The van der Waals surface area contributed by atoms with E-state index in [-0.39, 0.29) is 0 Å². The molecule has 0 saturated heterocycles. The molecule has 2 N–H and O–H groups in total. The van der Waals surface area contributed by atoms with Crippen molar-refractivity contribution >= 4 is 17.6 Å². The normalized spacial score (nSPS) is 20.4. The summed E-state index contributed by atoms with van der Waals surface area (Å²) in [4.78, 5) is 10.8. The van der Waals surface area contributed by atoms with E-state index in [0.717, 1.165) is 30.0 Å². The summed E-state index contributed by atoms with van der Waals surface area (Å²) in [7, 11) is 0. The molecule has 2 aromatic carbocycles. The van der Waals surface area contributed by atoms with E-state index in [1.165, 1.54) is 5.56 Å². The lowest BCUT2D eigenvalue weighted by Crippen LogP contribution is -2.39. The Bertz CT molecular complexity index is 646. The second-order valence-corrected chi connectivity index (χ2v) is 6.24. The van der Waals surface area contributed by atoms with Crippen LogP contribution in [0.15, 0.2) is 48.5 Å². The van der Waals surface area contributed by atoms with Gasteiger partial charge in [-0.15, -0.1) is 0 Å². The topological polar surface area (TPSA) is 49.3 Å². The molecular weight excluding hydrogens is 298 g/mol. The molecule has 1 fully saturated rings. The first-order valence-electron chi connectivity index (χ1n) is 7.43. The Balaban J connectivity index is 1.46. The van der Waals surface area contributed by atoms with E-state index in [2.05, 4.69) is 17.4 Å². The third-order valence-electron chi connectivity index (χ3n) is 4.28. The lowest BCUT2D eigenvalue weighted by atomic mass is 9.76. The highest BCUT2D eigenvalue weighted by atomic mass is 35.5. The van der Waals surface area contributed by atoms with Gasteiger partial charge >= 0.3 is 5.97 Å². The zero-order valence-corrected chi connectivity index (χ0v) is 12.9. The fourth-order valence-electron chi connectivity index (χ4n) is 2.82. The van der Waals surface area contributed by atoms with E-state index in [1.54, 1.807) is 12.1 Å². The van der Waals surface area contributed by atoms with Gasteiger partial charge in [0.15, 0.2) is 0 Å². The lowest BCUT2D eigenvalue weighted by molar-refractivity contribution is 0.0697. The quantitative estimate of drug-likeness (QED) is 0.874. The molecule has 114 valence electrons. The third-order valence-corrected chi connectivity index (χ3v) is 4.53. The molecule has 0 unspecified atom stereocenters. The van der Waals surface area contributed by atoms with Crippen molar-refractivity contribution in [1.29, 1.82) is 0 Å². The van der Waals surface area contributed by atoms with Crippen LogP contribution in [0.5, 0.6) is 0 Å². The lowest BCUT2D eigenvalue weighted by Gasteiger charge is -2.36. The number of carboxylic acid groups (broad SMARTS) is 1. The Morgan fingerprint density at radius 3 is 2.32 bits per heavy atom.